The van der Waals surface area contributed by atoms with Gasteiger partial charge in [-0.15, -0.1) is 0 Å². The predicted molar refractivity (Wildman–Crippen MR) is 74.0 cm³/mol. The summed E-state index contributed by atoms with van der Waals surface area (Å²) >= 11 is 0. The maximum Gasteiger partial charge on any atom is 0.267 e. The molecular weight excluding hydrogens is 248 g/mol. The molecule has 4 heteroatoms. The van der Waals surface area contributed by atoms with E-state index in [1.807, 2.05) is 32.0 Å². The summed E-state index contributed by atoms with van der Waals surface area (Å²) in [7, 11) is -3.33. The van der Waals surface area contributed by atoms with Crippen LogP contribution in [0.15, 0.2) is 30.3 Å². The molecule has 0 atom stereocenters. The Hall–Kier alpha value is -0.870. The van der Waals surface area contributed by atoms with Gasteiger partial charge in [0.2, 0.25) is 0 Å². The summed E-state index contributed by atoms with van der Waals surface area (Å²) in [5.74, 6) is 0.358. The van der Waals surface area contributed by atoms with Gasteiger partial charge >= 0.3 is 0 Å². The summed E-state index contributed by atoms with van der Waals surface area (Å²) in [5.41, 5.74) is 1.25. The van der Waals surface area contributed by atoms with Crippen LogP contribution in [-0.4, -0.2) is 20.8 Å². The van der Waals surface area contributed by atoms with E-state index in [2.05, 4.69) is 12.1 Å². The van der Waals surface area contributed by atoms with Crippen LogP contribution in [0.5, 0.6) is 0 Å². The van der Waals surface area contributed by atoms with Gasteiger partial charge in [0.05, 0.1) is 12.4 Å². The number of unbranched alkanes of at least 4 members (excludes halogenated alkanes) is 1. The Labute approximate surface area is 110 Å². The molecule has 0 aliphatic heterocycles. The van der Waals surface area contributed by atoms with Crippen LogP contribution in [-0.2, 0) is 20.7 Å². The molecule has 1 aromatic rings. The van der Waals surface area contributed by atoms with Crippen LogP contribution in [0.4, 0.5) is 0 Å². The first-order chi connectivity index (χ1) is 8.49. The molecule has 0 saturated carbocycles. The number of benzene rings is 1. The maximum atomic E-state index is 11.5. The summed E-state index contributed by atoms with van der Waals surface area (Å²) in [6.45, 7) is 4.15. The number of aryl methyl sites for hydroxylation is 1. The van der Waals surface area contributed by atoms with Gasteiger partial charge in [0, 0.05) is 0 Å². The summed E-state index contributed by atoms with van der Waals surface area (Å²) in [6.07, 6.45) is 2.43. The first-order valence-electron chi connectivity index (χ1n) is 6.40. The Morgan fingerprint density at radius 1 is 1.11 bits per heavy atom. The molecule has 0 spiro atoms. The van der Waals surface area contributed by atoms with E-state index in [0.29, 0.717) is 6.42 Å². The Morgan fingerprint density at radius 2 is 1.78 bits per heavy atom. The summed E-state index contributed by atoms with van der Waals surface area (Å²) in [4.78, 5) is 0. The highest BCUT2D eigenvalue weighted by atomic mass is 32.2. The lowest BCUT2D eigenvalue weighted by Gasteiger charge is -2.07. The van der Waals surface area contributed by atoms with Crippen molar-refractivity contribution in [2.45, 2.75) is 33.1 Å². The van der Waals surface area contributed by atoms with Crippen LogP contribution >= 0.6 is 0 Å². The van der Waals surface area contributed by atoms with Crippen molar-refractivity contribution in [3.05, 3.63) is 35.9 Å². The number of rotatable bonds is 8. The minimum Gasteiger partial charge on any atom is -0.270 e. The van der Waals surface area contributed by atoms with Crippen LogP contribution in [0.1, 0.15) is 32.3 Å². The van der Waals surface area contributed by atoms with Crippen LogP contribution in [0.2, 0.25) is 0 Å². The molecule has 0 bridgehead atoms. The van der Waals surface area contributed by atoms with E-state index < -0.39 is 10.1 Å². The molecule has 102 valence electrons. The molecule has 1 rings (SSSR count). The van der Waals surface area contributed by atoms with E-state index in [4.69, 9.17) is 4.18 Å². The van der Waals surface area contributed by atoms with Crippen LogP contribution in [0.3, 0.4) is 0 Å². The molecular formula is C14H22O3S. The normalized spacial score (nSPS) is 11.9. The van der Waals surface area contributed by atoms with Crippen LogP contribution in [0.25, 0.3) is 0 Å². The highest BCUT2D eigenvalue weighted by Gasteiger charge is 2.11. The van der Waals surface area contributed by atoms with Gasteiger partial charge < -0.3 is 0 Å². The highest BCUT2D eigenvalue weighted by molar-refractivity contribution is 7.86. The first kappa shape index (κ1) is 15.2. The van der Waals surface area contributed by atoms with Gasteiger partial charge in [-0.25, -0.2) is 0 Å². The van der Waals surface area contributed by atoms with Gasteiger partial charge in [0.25, 0.3) is 10.1 Å². The fourth-order valence-electron chi connectivity index (χ4n) is 1.55. The van der Waals surface area contributed by atoms with Gasteiger partial charge in [-0.2, -0.15) is 8.42 Å². The maximum absolute atomic E-state index is 11.5. The van der Waals surface area contributed by atoms with Crippen molar-refractivity contribution in [3.63, 3.8) is 0 Å². The third-order valence-corrected chi connectivity index (χ3v) is 3.82. The lowest BCUT2D eigenvalue weighted by molar-refractivity contribution is 0.275. The lowest BCUT2D eigenvalue weighted by Crippen LogP contribution is -2.14. The molecule has 0 radical (unpaired) electrons. The molecule has 0 heterocycles. The zero-order valence-corrected chi connectivity index (χ0v) is 11.9. The minimum atomic E-state index is -3.33. The molecule has 3 nitrogen and oxygen atoms in total. The van der Waals surface area contributed by atoms with E-state index in [1.54, 1.807) is 0 Å². The second-order valence-corrected chi connectivity index (χ2v) is 6.64. The fourth-order valence-corrected chi connectivity index (χ4v) is 2.71. The van der Waals surface area contributed by atoms with E-state index in [9.17, 15) is 8.42 Å². The number of hydrogen-bond donors (Lipinski definition) is 0. The van der Waals surface area contributed by atoms with Gasteiger partial charge in [-0.05, 0) is 30.7 Å². The van der Waals surface area contributed by atoms with Crippen molar-refractivity contribution in [2.24, 2.45) is 5.92 Å². The summed E-state index contributed by atoms with van der Waals surface area (Å²) in [6, 6.07) is 10.1. The largest absolute Gasteiger partial charge is 0.270 e. The molecule has 0 aliphatic carbocycles. The van der Waals surface area contributed by atoms with E-state index in [-0.39, 0.29) is 18.3 Å². The minimum absolute atomic E-state index is 0.118. The number of hydrogen-bond acceptors (Lipinski definition) is 3. The molecule has 0 aliphatic rings. The van der Waals surface area contributed by atoms with Crippen LogP contribution in [0, 0.1) is 5.92 Å². The van der Waals surface area contributed by atoms with Crippen molar-refractivity contribution in [3.8, 4) is 0 Å². The van der Waals surface area contributed by atoms with E-state index in [1.165, 1.54) is 5.56 Å². The Balaban J connectivity index is 2.21. The Kier molecular flexibility index (Phi) is 6.36. The average molecular weight is 270 g/mol. The molecule has 0 amide bonds. The predicted octanol–water partition coefficient (Wildman–Crippen LogP) is 3.01. The standard InChI is InChI=1S/C14H22O3S/c1-13(2)12-17-18(15,16)11-7-6-10-14-8-4-3-5-9-14/h3-5,8-9,13H,6-7,10-12H2,1-2H3. The average Bonchev–Trinajstić information content (AvgIpc) is 2.34. The SMILES string of the molecule is CC(C)COS(=O)(=O)CCCCc1ccccc1. The summed E-state index contributed by atoms with van der Waals surface area (Å²) < 4.78 is 28.0. The van der Waals surface area contributed by atoms with Crippen molar-refractivity contribution in [1.82, 2.24) is 0 Å². The van der Waals surface area contributed by atoms with Gasteiger partial charge in [-0.3, -0.25) is 4.18 Å². The van der Waals surface area contributed by atoms with Crippen molar-refractivity contribution >= 4 is 10.1 Å². The molecule has 0 N–H and O–H groups in total. The molecule has 0 aromatic heterocycles. The molecule has 1 aromatic carbocycles. The van der Waals surface area contributed by atoms with Crippen molar-refractivity contribution in [1.29, 1.82) is 0 Å². The second kappa shape index (κ2) is 7.54. The first-order valence-corrected chi connectivity index (χ1v) is 7.98. The molecule has 18 heavy (non-hydrogen) atoms. The topological polar surface area (TPSA) is 43.4 Å². The van der Waals surface area contributed by atoms with E-state index in [0.717, 1.165) is 12.8 Å². The third kappa shape index (κ3) is 6.77. The zero-order chi connectivity index (χ0) is 13.4. The lowest BCUT2D eigenvalue weighted by atomic mass is 10.1. The molecule has 0 saturated heterocycles. The quantitative estimate of drug-likeness (QED) is 0.539. The summed E-state index contributed by atoms with van der Waals surface area (Å²) in [5, 5.41) is 0. The van der Waals surface area contributed by atoms with Gasteiger partial charge in [0.1, 0.15) is 0 Å². The molecule has 0 fully saturated rings. The van der Waals surface area contributed by atoms with Crippen molar-refractivity contribution < 1.29 is 12.6 Å². The van der Waals surface area contributed by atoms with Crippen LogP contribution < -0.4 is 0 Å². The fraction of sp³-hybridized carbons (Fsp3) is 0.571. The van der Waals surface area contributed by atoms with Gasteiger partial charge in [0.15, 0.2) is 0 Å². The van der Waals surface area contributed by atoms with Gasteiger partial charge in [-0.1, -0.05) is 44.2 Å². The smallest absolute Gasteiger partial charge is 0.267 e. The van der Waals surface area contributed by atoms with E-state index >= 15 is 0 Å². The third-order valence-electron chi connectivity index (χ3n) is 2.53. The van der Waals surface area contributed by atoms with Crippen molar-refractivity contribution in [2.75, 3.05) is 12.4 Å². The Morgan fingerprint density at radius 3 is 2.39 bits per heavy atom. The zero-order valence-electron chi connectivity index (χ0n) is 11.1. The highest BCUT2D eigenvalue weighted by Crippen LogP contribution is 2.07. The Bertz CT molecular complexity index is 424. The molecule has 0 unspecified atom stereocenters. The second-order valence-electron chi connectivity index (χ2n) is 4.88. The monoisotopic (exact) mass is 270 g/mol.